The normalized spacial score (nSPS) is 18.8. The third kappa shape index (κ3) is 4.01. The predicted molar refractivity (Wildman–Crippen MR) is 111 cm³/mol. The van der Waals surface area contributed by atoms with Gasteiger partial charge in [-0.2, -0.15) is 8.78 Å². The minimum atomic E-state index is -2.49. The SMILES string of the molecule is O=C1OC(c2ccccc2)=NC1(Cc1ccccc1)C(C(F)=C(F)F)c1ccccc1. The van der Waals surface area contributed by atoms with Crippen LogP contribution in [0.3, 0.4) is 0 Å². The van der Waals surface area contributed by atoms with Gasteiger partial charge in [-0.25, -0.2) is 14.2 Å². The Morgan fingerprint density at radius 3 is 1.97 bits per heavy atom. The van der Waals surface area contributed by atoms with Gasteiger partial charge in [-0.15, -0.1) is 0 Å². The van der Waals surface area contributed by atoms with Crippen molar-refractivity contribution >= 4 is 11.9 Å². The summed E-state index contributed by atoms with van der Waals surface area (Å²) in [7, 11) is 0. The lowest BCUT2D eigenvalue weighted by molar-refractivity contribution is -0.139. The number of nitrogens with zero attached hydrogens (tertiary/aromatic N) is 1. The van der Waals surface area contributed by atoms with Crippen molar-refractivity contribution in [1.29, 1.82) is 0 Å². The minimum absolute atomic E-state index is 0.0190. The molecule has 3 nitrogen and oxygen atoms in total. The first-order valence-corrected chi connectivity index (χ1v) is 9.68. The molecule has 156 valence electrons. The molecule has 0 fully saturated rings. The molecule has 1 aliphatic heterocycles. The summed E-state index contributed by atoms with van der Waals surface area (Å²) in [5, 5.41) is 0. The Labute approximate surface area is 177 Å². The number of hydrogen-bond donors (Lipinski definition) is 0. The summed E-state index contributed by atoms with van der Waals surface area (Å²) in [4.78, 5) is 17.7. The van der Waals surface area contributed by atoms with Crippen LogP contribution in [0.5, 0.6) is 0 Å². The number of carbonyl (C=O) groups is 1. The van der Waals surface area contributed by atoms with Crippen LogP contribution in [0, 0.1) is 0 Å². The molecule has 0 spiro atoms. The van der Waals surface area contributed by atoms with Crippen molar-refractivity contribution < 1.29 is 22.7 Å². The molecule has 3 aromatic carbocycles. The summed E-state index contributed by atoms with van der Waals surface area (Å²) < 4.78 is 47.6. The maximum atomic E-state index is 15.0. The fourth-order valence-electron chi connectivity index (χ4n) is 3.82. The van der Waals surface area contributed by atoms with Crippen molar-refractivity contribution in [2.45, 2.75) is 17.9 Å². The number of hydrogen-bond acceptors (Lipinski definition) is 3. The number of aliphatic imine (C=N–C) groups is 1. The number of cyclic esters (lactones) is 1. The number of benzene rings is 3. The van der Waals surface area contributed by atoms with Crippen molar-refractivity contribution in [2.24, 2.45) is 4.99 Å². The summed E-state index contributed by atoms with van der Waals surface area (Å²) in [5.74, 6) is -4.24. The summed E-state index contributed by atoms with van der Waals surface area (Å²) >= 11 is 0. The highest BCUT2D eigenvalue weighted by Crippen LogP contribution is 2.45. The van der Waals surface area contributed by atoms with Gasteiger partial charge in [-0.3, -0.25) is 0 Å². The van der Waals surface area contributed by atoms with Crippen LogP contribution < -0.4 is 0 Å². The Hall–Kier alpha value is -3.67. The van der Waals surface area contributed by atoms with Gasteiger partial charge in [-0.1, -0.05) is 78.9 Å². The van der Waals surface area contributed by atoms with Gasteiger partial charge in [0.15, 0.2) is 11.4 Å². The van der Waals surface area contributed by atoms with E-state index in [2.05, 4.69) is 4.99 Å². The van der Waals surface area contributed by atoms with E-state index in [1.807, 2.05) is 0 Å². The molecule has 3 aromatic rings. The topological polar surface area (TPSA) is 38.7 Å². The lowest BCUT2D eigenvalue weighted by atomic mass is 9.75. The van der Waals surface area contributed by atoms with Crippen molar-refractivity contribution in [2.75, 3.05) is 0 Å². The van der Waals surface area contributed by atoms with Gasteiger partial charge in [0.05, 0.1) is 5.92 Å². The molecule has 0 aliphatic carbocycles. The van der Waals surface area contributed by atoms with Crippen LogP contribution in [0.4, 0.5) is 13.2 Å². The van der Waals surface area contributed by atoms with E-state index in [1.54, 1.807) is 78.9 Å². The summed E-state index contributed by atoms with van der Waals surface area (Å²) in [6.07, 6.45) is -2.60. The second-order valence-corrected chi connectivity index (χ2v) is 7.21. The number of carbonyl (C=O) groups excluding carboxylic acids is 1. The monoisotopic (exact) mass is 421 g/mol. The Morgan fingerprint density at radius 2 is 1.39 bits per heavy atom. The average Bonchev–Trinajstić information content (AvgIpc) is 3.12. The molecule has 2 atom stereocenters. The molecule has 0 amide bonds. The van der Waals surface area contributed by atoms with Crippen molar-refractivity contribution in [3.63, 3.8) is 0 Å². The van der Waals surface area contributed by atoms with E-state index in [4.69, 9.17) is 4.74 Å². The van der Waals surface area contributed by atoms with Crippen LogP contribution in [0.1, 0.15) is 22.6 Å². The Kier molecular flexibility index (Phi) is 5.71. The third-order valence-electron chi connectivity index (χ3n) is 5.23. The molecule has 0 bridgehead atoms. The van der Waals surface area contributed by atoms with Gasteiger partial charge >= 0.3 is 12.0 Å². The lowest BCUT2D eigenvalue weighted by Crippen LogP contribution is -2.43. The maximum Gasteiger partial charge on any atom is 0.342 e. The zero-order valence-corrected chi connectivity index (χ0v) is 16.3. The first kappa shape index (κ1) is 20.6. The van der Waals surface area contributed by atoms with Gasteiger partial charge in [0.25, 0.3) is 0 Å². The van der Waals surface area contributed by atoms with Crippen LogP contribution in [-0.2, 0) is 16.0 Å². The van der Waals surface area contributed by atoms with E-state index in [9.17, 15) is 13.6 Å². The second kappa shape index (κ2) is 8.60. The molecule has 0 saturated carbocycles. The highest BCUT2D eigenvalue weighted by atomic mass is 19.3. The standard InChI is InChI=1S/C25H18F3NO2/c26-21(22(27)28)20(18-12-6-2-7-13-18)25(16-17-10-4-1-5-11-17)24(30)31-23(29-25)19-14-8-3-9-15-19/h1-15,20H,16H2. The lowest BCUT2D eigenvalue weighted by Gasteiger charge is -2.30. The van der Waals surface area contributed by atoms with Crippen molar-refractivity contribution in [3.8, 4) is 0 Å². The highest BCUT2D eigenvalue weighted by Gasteiger charge is 2.55. The molecule has 2 unspecified atom stereocenters. The van der Waals surface area contributed by atoms with E-state index < -0.39 is 29.3 Å². The van der Waals surface area contributed by atoms with Crippen LogP contribution in [0.2, 0.25) is 0 Å². The summed E-state index contributed by atoms with van der Waals surface area (Å²) in [6, 6.07) is 25.3. The highest BCUT2D eigenvalue weighted by molar-refractivity contribution is 6.08. The van der Waals surface area contributed by atoms with Crippen molar-refractivity contribution in [1.82, 2.24) is 0 Å². The average molecular weight is 421 g/mol. The van der Waals surface area contributed by atoms with Crippen LogP contribution in [-0.4, -0.2) is 17.4 Å². The van der Waals surface area contributed by atoms with Gasteiger partial charge < -0.3 is 4.74 Å². The predicted octanol–water partition coefficient (Wildman–Crippen LogP) is 5.83. The number of rotatable bonds is 6. The van der Waals surface area contributed by atoms with E-state index in [0.717, 1.165) is 0 Å². The first-order chi connectivity index (χ1) is 15.0. The molecule has 0 aromatic heterocycles. The molecular formula is C25H18F3NO2. The zero-order chi connectivity index (χ0) is 21.8. The molecule has 31 heavy (non-hydrogen) atoms. The van der Waals surface area contributed by atoms with Gasteiger partial charge in [0.2, 0.25) is 5.90 Å². The number of halogens is 3. The number of ether oxygens (including phenoxy) is 1. The molecule has 4 rings (SSSR count). The van der Waals surface area contributed by atoms with Gasteiger partial charge in [0, 0.05) is 12.0 Å². The Bertz CT molecular complexity index is 1130. The summed E-state index contributed by atoms with van der Waals surface area (Å²) in [5.41, 5.74) is -0.576. The fraction of sp³-hybridized carbons (Fsp3) is 0.120. The van der Waals surface area contributed by atoms with E-state index in [0.29, 0.717) is 11.1 Å². The largest absolute Gasteiger partial charge is 0.405 e. The molecule has 0 saturated heterocycles. The van der Waals surface area contributed by atoms with Crippen LogP contribution in [0.15, 0.2) is 108 Å². The summed E-state index contributed by atoms with van der Waals surface area (Å²) in [6.45, 7) is 0. The molecule has 6 heteroatoms. The van der Waals surface area contributed by atoms with Crippen LogP contribution >= 0.6 is 0 Å². The molecular weight excluding hydrogens is 403 g/mol. The molecule has 1 aliphatic rings. The zero-order valence-electron chi connectivity index (χ0n) is 16.3. The van der Waals surface area contributed by atoms with E-state index in [1.165, 1.54) is 12.1 Å². The molecule has 0 N–H and O–H groups in total. The van der Waals surface area contributed by atoms with Gasteiger partial charge in [-0.05, 0) is 23.3 Å². The Balaban J connectivity index is 1.94. The quantitative estimate of drug-likeness (QED) is 0.470. The molecule has 0 radical (unpaired) electrons. The van der Waals surface area contributed by atoms with E-state index >= 15 is 4.39 Å². The minimum Gasteiger partial charge on any atom is -0.405 e. The Morgan fingerprint density at radius 1 is 0.839 bits per heavy atom. The number of esters is 1. The fourth-order valence-corrected chi connectivity index (χ4v) is 3.82. The second-order valence-electron chi connectivity index (χ2n) is 7.21. The van der Waals surface area contributed by atoms with Crippen molar-refractivity contribution in [3.05, 3.63) is 120 Å². The first-order valence-electron chi connectivity index (χ1n) is 9.68. The molecule has 1 heterocycles. The smallest absolute Gasteiger partial charge is 0.342 e. The van der Waals surface area contributed by atoms with Gasteiger partial charge in [0.1, 0.15) is 0 Å². The van der Waals surface area contributed by atoms with E-state index in [-0.39, 0.29) is 17.9 Å². The third-order valence-corrected chi connectivity index (χ3v) is 5.23. The van der Waals surface area contributed by atoms with Crippen LogP contribution in [0.25, 0.3) is 0 Å². The maximum absolute atomic E-state index is 15.0.